The molecule has 3 aromatic heterocycles. The maximum Gasteiger partial charge on any atom is 0.267 e. The van der Waals surface area contributed by atoms with E-state index in [4.69, 9.17) is 11.6 Å². The number of nitrogens with zero attached hydrogens (tertiary/aromatic N) is 12. The van der Waals surface area contributed by atoms with Crippen LogP contribution in [-0.2, 0) is 19.6 Å². The summed E-state index contributed by atoms with van der Waals surface area (Å²) >= 11 is 5.61. The molecule has 92 heavy (non-hydrogen) atoms. The second kappa shape index (κ2) is 25.1. The van der Waals surface area contributed by atoms with Gasteiger partial charge in [0.15, 0.2) is 19.0 Å². The minimum absolute atomic E-state index is 0.158. The van der Waals surface area contributed by atoms with Crippen LogP contribution in [0.5, 0.6) is 0 Å². The van der Waals surface area contributed by atoms with Crippen molar-refractivity contribution < 1.29 is 24.1 Å². The standard InChI is InChI=1S/C27H36N4O.C24H31ClN4O.C23H32F2N4O/c1-18(16-31-29-17-28-30-31)24-7-8-25-23-6-5-20-15-27(32,13-9-19-3-4-19)14-11-21(20)22(23)10-12-26(24,25)2;1-16(14-29-27-15-26-28-29)21-5-6-22-20-4-3-17-13-24(30,11-12-25)10-8-18(17)19(20)7-9-23(21,22)2;1-14(12-29-27-13-26-28-29)19-5-6-20-18-4-3-15-11-23(30,21(24)25)10-8-16(15)17(18)7-9-22(19,20)2/h5,17,19,21-25,32H,1,3-4,6-8,10-12,14-16H2,2H3;3,15,18-22,30H,1,4-10,13-14H2,2H3;3,13,16-21,30H,1,4-12H2,2H3/t21-,22+,23+,24+,25-,26+,27+;18-,19+,20+,21+,22-,23+,24-;16-,17+,18+,19+,20-,22+,23+/m000/s1. The molecule has 0 radical (unpaired) electrons. The summed E-state index contributed by atoms with van der Waals surface area (Å²) in [5.41, 5.74) is 5.17. The summed E-state index contributed by atoms with van der Waals surface area (Å²) in [6.45, 7) is 22.8. The van der Waals surface area contributed by atoms with E-state index >= 15 is 0 Å². The third-order valence-electron chi connectivity index (χ3n) is 28.0. The molecule has 3 aromatic rings. The van der Waals surface area contributed by atoms with E-state index in [1.807, 2.05) is 0 Å². The first-order valence-electron chi connectivity index (χ1n) is 35.5. The summed E-state index contributed by atoms with van der Waals surface area (Å²) < 4.78 is 26.8. The summed E-state index contributed by atoms with van der Waals surface area (Å²) in [7, 11) is 0. The van der Waals surface area contributed by atoms with Gasteiger partial charge in [-0.1, -0.05) is 110 Å². The van der Waals surface area contributed by atoms with Crippen molar-refractivity contribution in [2.45, 2.75) is 231 Å². The topological polar surface area (TPSA) is 191 Å². The van der Waals surface area contributed by atoms with E-state index in [-0.39, 0.29) is 18.3 Å². The largest absolute Gasteiger partial charge is 0.384 e. The lowest BCUT2D eigenvalue weighted by Crippen LogP contribution is -2.49. The molecule has 0 unspecified atom stereocenters. The zero-order valence-corrected chi connectivity index (χ0v) is 55.5. The van der Waals surface area contributed by atoms with Crippen LogP contribution in [-0.4, -0.2) is 99.2 Å². The number of aliphatic hydroxyl groups is 3. The van der Waals surface area contributed by atoms with E-state index in [0.29, 0.717) is 102 Å². The SMILES string of the molecule is C=C(Cn1ncnn1)[C@H]1CC[C@H]2[C@@H]3CC=C4C[C@@](O)(C#CC5CC5)CC[C@@H]4[C@H]3CC[C@]12C.C=C(Cn1ncnn1)[C@H]1CC[C@H]2[C@@H]3CC=C4C[C@@](O)(C#CCl)CC[C@@H]4[C@H]3CC[C@]12C.C=C(Cn1ncnn1)[C@H]1CC[C@H]2[C@@H]3CC=C4C[C@@](O)(C(F)F)CC[C@@H]4[C@H]3CC[C@]12C. The molecule has 15 nitrogen and oxygen atoms in total. The van der Waals surface area contributed by atoms with E-state index in [0.717, 1.165) is 105 Å². The van der Waals surface area contributed by atoms with Crippen molar-refractivity contribution in [1.82, 2.24) is 60.6 Å². The van der Waals surface area contributed by atoms with E-state index in [1.54, 1.807) is 14.4 Å². The van der Waals surface area contributed by atoms with Gasteiger partial charge in [0.1, 0.15) is 16.8 Å². The second-order valence-corrected chi connectivity index (χ2v) is 32.6. The lowest BCUT2D eigenvalue weighted by Gasteiger charge is -2.54. The summed E-state index contributed by atoms with van der Waals surface area (Å²) in [6.07, 6.45) is 35.9. The molecule has 3 heterocycles. The highest BCUT2D eigenvalue weighted by atomic mass is 35.5. The summed E-state index contributed by atoms with van der Waals surface area (Å²) in [5.74, 6) is 19.7. The van der Waals surface area contributed by atoms with Gasteiger partial charge in [0, 0.05) is 30.6 Å². The molecule has 13 aliphatic rings. The quantitative estimate of drug-likeness (QED) is 0.129. The Labute approximate surface area is 548 Å². The van der Waals surface area contributed by atoms with E-state index in [9.17, 15) is 24.1 Å². The molecule has 0 spiro atoms. The average Bonchev–Trinajstić information content (AvgIpc) is 1.41. The van der Waals surface area contributed by atoms with Gasteiger partial charge in [-0.25, -0.2) is 8.78 Å². The van der Waals surface area contributed by atoms with Crippen molar-refractivity contribution in [2.24, 2.45) is 111 Å². The van der Waals surface area contributed by atoms with Gasteiger partial charge in [-0.05, 0) is 280 Å². The van der Waals surface area contributed by atoms with Gasteiger partial charge >= 0.3 is 0 Å². The van der Waals surface area contributed by atoms with Crippen molar-refractivity contribution in [1.29, 1.82) is 0 Å². The Bertz CT molecular complexity index is 3450. The highest BCUT2D eigenvalue weighted by molar-refractivity contribution is 6.30. The number of rotatable bonds is 10. The Kier molecular flexibility index (Phi) is 17.5. The first-order chi connectivity index (χ1) is 44.2. The molecule has 0 aromatic carbocycles. The number of tetrazole rings is 3. The maximum atomic E-state index is 13.4. The van der Waals surface area contributed by atoms with Crippen molar-refractivity contribution in [2.75, 3.05) is 0 Å². The Balaban J connectivity index is 0.000000120. The van der Waals surface area contributed by atoms with Crippen LogP contribution in [0.3, 0.4) is 0 Å². The van der Waals surface area contributed by atoms with Gasteiger partial charge in [-0.3, -0.25) is 0 Å². The van der Waals surface area contributed by atoms with Gasteiger partial charge < -0.3 is 15.3 Å². The summed E-state index contributed by atoms with van der Waals surface area (Å²) in [5, 5.41) is 70.8. The lowest BCUT2D eigenvalue weighted by atomic mass is 9.51. The van der Waals surface area contributed by atoms with Crippen LogP contribution < -0.4 is 0 Å². The molecule has 21 atom stereocenters. The first-order valence-corrected chi connectivity index (χ1v) is 35.9. The van der Waals surface area contributed by atoms with Crippen LogP contribution in [0, 0.1) is 134 Å². The molecule has 10 fully saturated rings. The van der Waals surface area contributed by atoms with Crippen molar-refractivity contribution in [3.8, 4) is 23.1 Å². The molecule has 0 saturated heterocycles. The second-order valence-electron chi connectivity index (χ2n) is 32.4. The third kappa shape index (κ3) is 11.9. The van der Waals surface area contributed by atoms with E-state index < -0.39 is 23.2 Å². The zero-order chi connectivity index (χ0) is 64.0. The van der Waals surface area contributed by atoms with Gasteiger partial charge in [0.25, 0.3) is 6.43 Å². The fourth-order valence-corrected chi connectivity index (χ4v) is 23.7. The summed E-state index contributed by atoms with van der Waals surface area (Å²) in [6, 6.07) is 0. The predicted octanol–water partition coefficient (Wildman–Crippen LogP) is 13.3. The van der Waals surface area contributed by atoms with Crippen molar-refractivity contribution in [3.63, 3.8) is 0 Å². The van der Waals surface area contributed by atoms with Crippen LogP contribution >= 0.6 is 11.6 Å². The predicted molar refractivity (Wildman–Crippen MR) is 348 cm³/mol. The molecule has 0 aliphatic heterocycles. The molecular weight excluding hydrogens is 1180 g/mol. The molecule has 3 N–H and O–H groups in total. The monoisotopic (exact) mass is 1280 g/mol. The van der Waals surface area contributed by atoms with Crippen LogP contribution in [0.25, 0.3) is 0 Å². The molecule has 0 bridgehead atoms. The van der Waals surface area contributed by atoms with Crippen LogP contribution in [0.1, 0.15) is 188 Å². The molecular formula is C74H99ClF2N12O3. The highest BCUT2D eigenvalue weighted by Gasteiger charge is 2.61. The molecule has 494 valence electrons. The van der Waals surface area contributed by atoms with Gasteiger partial charge in [-0.2, -0.15) is 14.4 Å². The van der Waals surface area contributed by atoms with E-state index in [1.165, 1.54) is 124 Å². The highest BCUT2D eigenvalue weighted by Crippen LogP contribution is 2.68. The summed E-state index contributed by atoms with van der Waals surface area (Å²) in [4.78, 5) is 4.95. The van der Waals surface area contributed by atoms with Gasteiger partial charge in [0.05, 0.1) is 19.6 Å². The number of allylic oxidation sites excluding steroid dienone is 6. The molecule has 18 heteroatoms. The molecule has 10 saturated carbocycles. The molecule has 0 amide bonds. The van der Waals surface area contributed by atoms with Crippen LogP contribution in [0.4, 0.5) is 8.78 Å². The number of halogens is 3. The third-order valence-corrected chi connectivity index (χ3v) is 28.1. The van der Waals surface area contributed by atoms with Crippen LogP contribution in [0.15, 0.2) is 90.4 Å². The lowest BCUT2D eigenvalue weighted by molar-refractivity contribution is -0.119. The Morgan fingerprint density at radius 2 is 0.870 bits per heavy atom. The minimum Gasteiger partial charge on any atom is -0.384 e. The van der Waals surface area contributed by atoms with Crippen molar-refractivity contribution >= 4 is 11.6 Å². The smallest absolute Gasteiger partial charge is 0.267 e. The Morgan fingerprint density at radius 3 is 1.22 bits per heavy atom. The fourth-order valence-electron chi connectivity index (χ4n) is 23.5. The number of hydrogen-bond acceptors (Lipinski definition) is 12. The normalized spacial score (nSPS) is 42.6. The minimum atomic E-state index is -2.66. The number of hydrogen-bond donors (Lipinski definition) is 3. The maximum absolute atomic E-state index is 13.4. The first kappa shape index (κ1) is 64.2. The Morgan fingerprint density at radius 1 is 0.500 bits per heavy atom. The van der Waals surface area contributed by atoms with E-state index in [2.05, 4.69) is 128 Å². The van der Waals surface area contributed by atoms with Gasteiger partial charge in [-0.15, -0.1) is 30.6 Å². The molecule has 16 rings (SSSR count). The zero-order valence-electron chi connectivity index (χ0n) is 54.7. The number of aromatic nitrogens is 12. The fraction of sp³-hybridized carbons (Fsp3) is 0.743. The van der Waals surface area contributed by atoms with Crippen LogP contribution in [0.2, 0.25) is 0 Å². The molecule has 13 aliphatic carbocycles. The van der Waals surface area contributed by atoms with Crippen molar-refractivity contribution in [3.05, 3.63) is 90.4 Å². The number of fused-ring (bicyclic) bond motifs is 15. The average molecular weight is 1280 g/mol. The number of alkyl halides is 2. The van der Waals surface area contributed by atoms with Gasteiger partial charge in [0.2, 0.25) is 0 Å². The Hall–Kier alpha value is -5.20.